The predicted molar refractivity (Wildman–Crippen MR) is 78.3 cm³/mol. The van der Waals surface area contributed by atoms with Crippen LogP contribution in [0.1, 0.15) is 19.8 Å². The van der Waals surface area contributed by atoms with Gasteiger partial charge in [-0.3, -0.25) is 4.90 Å². The molecule has 6 heteroatoms. The molecule has 1 fully saturated rings. The number of halogens is 2. The van der Waals surface area contributed by atoms with Gasteiger partial charge in [0.2, 0.25) is 5.28 Å². The Labute approximate surface area is 121 Å². The van der Waals surface area contributed by atoms with Gasteiger partial charge in [-0.15, -0.1) is 0 Å². The molecule has 1 aromatic rings. The molecule has 1 saturated heterocycles. The third-order valence-electron chi connectivity index (χ3n) is 3.45. The van der Waals surface area contributed by atoms with Crippen LogP contribution in [0.25, 0.3) is 0 Å². The highest BCUT2D eigenvalue weighted by atomic mass is 79.9. The summed E-state index contributed by atoms with van der Waals surface area (Å²) in [6, 6.07) is 0.612. The second-order valence-corrected chi connectivity index (χ2v) is 5.81. The van der Waals surface area contributed by atoms with Crippen LogP contribution >= 0.6 is 27.5 Å². The number of rotatable bonds is 4. The molecule has 18 heavy (non-hydrogen) atoms. The third kappa shape index (κ3) is 3.13. The molecule has 0 bridgehead atoms. The summed E-state index contributed by atoms with van der Waals surface area (Å²) in [4.78, 5) is 12.9. The molecule has 0 radical (unpaired) electrons. The van der Waals surface area contributed by atoms with E-state index in [4.69, 9.17) is 11.6 Å². The smallest absolute Gasteiger partial charge is 0.224 e. The fourth-order valence-corrected chi connectivity index (χ4v) is 3.15. The van der Waals surface area contributed by atoms with Crippen LogP contribution in [0, 0.1) is 0 Å². The van der Waals surface area contributed by atoms with Crippen LogP contribution in [0.4, 0.5) is 5.82 Å². The lowest BCUT2D eigenvalue weighted by Gasteiger charge is -2.28. The van der Waals surface area contributed by atoms with Crippen LogP contribution in [0.5, 0.6) is 0 Å². The molecule has 1 aliphatic rings. The van der Waals surface area contributed by atoms with Gasteiger partial charge < -0.3 is 4.90 Å². The maximum Gasteiger partial charge on any atom is 0.224 e. The molecule has 1 aliphatic heterocycles. The molecule has 100 valence electrons. The van der Waals surface area contributed by atoms with E-state index in [1.165, 1.54) is 19.4 Å². The van der Waals surface area contributed by atoms with Gasteiger partial charge in [0.15, 0.2) is 0 Å². The van der Waals surface area contributed by atoms with E-state index in [0.29, 0.717) is 11.3 Å². The summed E-state index contributed by atoms with van der Waals surface area (Å²) in [5.74, 6) is 0.859. The van der Waals surface area contributed by atoms with Crippen molar-refractivity contribution in [3.63, 3.8) is 0 Å². The van der Waals surface area contributed by atoms with Crippen molar-refractivity contribution in [2.75, 3.05) is 31.6 Å². The van der Waals surface area contributed by atoms with E-state index >= 15 is 0 Å². The van der Waals surface area contributed by atoms with Crippen molar-refractivity contribution in [1.82, 2.24) is 14.9 Å². The summed E-state index contributed by atoms with van der Waals surface area (Å²) < 4.78 is 0.885. The summed E-state index contributed by atoms with van der Waals surface area (Å²) in [6.07, 6.45) is 4.25. The second-order valence-electron chi connectivity index (χ2n) is 4.62. The molecular formula is C12H18BrClN4. The van der Waals surface area contributed by atoms with Gasteiger partial charge in [0, 0.05) is 25.8 Å². The standard InChI is InChI=1S/C12H18BrClN4/c1-3-18-6-4-5-9(18)8-17(2)11-10(13)7-15-12(14)16-11/h7,9H,3-6,8H2,1-2H3. The number of likely N-dealkylation sites (N-methyl/N-ethyl adjacent to an activating group) is 2. The van der Waals surface area contributed by atoms with Crippen molar-refractivity contribution >= 4 is 33.3 Å². The van der Waals surface area contributed by atoms with Crippen molar-refractivity contribution in [3.05, 3.63) is 16.0 Å². The zero-order valence-electron chi connectivity index (χ0n) is 10.7. The Bertz CT molecular complexity index is 415. The fourth-order valence-electron chi connectivity index (χ4n) is 2.53. The van der Waals surface area contributed by atoms with Gasteiger partial charge in [0.1, 0.15) is 5.82 Å². The van der Waals surface area contributed by atoms with Crippen molar-refractivity contribution in [1.29, 1.82) is 0 Å². The molecular weight excluding hydrogens is 316 g/mol. The number of aromatic nitrogens is 2. The summed E-state index contributed by atoms with van der Waals surface area (Å²) in [5.41, 5.74) is 0. The van der Waals surface area contributed by atoms with E-state index in [-0.39, 0.29) is 0 Å². The Hall–Kier alpha value is -0.390. The first-order valence-corrected chi connectivity index (χ1v) is 7.42. The molecule has 2 rings (SSSR count). The number of nitrogens with zero attached hydrogens (tertiary/aromatic N) is 4. The van der Waals surface area contributed by atoms with Crippen molar-refractivity contribution < 1.29 is 0 Å². The zero-order valence-corrected chi connectivity index (χ0v) is 13.1. The first-order valence-electron chi connectivity index (χ1n) is 6.25. The molecule has 0 aromatic carbocycles. The van der Waals surface area contributed by atoms with Gasteiger partial charge in [-0.1, -0.05) is 6.92 Å². The van der Waals surface area contributed by atoms with Crippen LogP contribution in [-0.2, 0) is 0 Å². The Kier molecular flexibility index (Phi) is 4.81. The number of likely N-dealkylation sites (tertiary alicyclic amines) is 1. The maximum absolute atomic E-state index is 5.85. The molecule has 0 N–H and O–H groups in total. The van der Waals surface area contributed by atoms with E-state index in [1.807, 2.05) is 0 Å². The Balaban J connectivity index is 2.07. The molecule has 2 heterocycles. The molecule has 0 amide bonds. The Morgan fingerprint density at radius 3 is 3.11 bits per heavy atom. The van der Waals surface area contributed by atoms with E-state index in [1.54, 1.807) is 6.20 Å². The predicted octanol–water partition coefficient (Wildman–Crippen LogP) is 2.81. The van der Waals surface area contributed by atoms with Gasteiger partial charge in [0.05, 0.1) is 4.47 Å². The van der Waals surface area contributed by atoms with Crippen LogP contribution in [0.2, 0.25) is 5.28 Å². The van der Waals surface area contributed by atoms with Crippen LogP contribution < -0.4 is 4.90 Å². The molecule has 0 spiro atoms. The number of hydrogen-bond acceptors (Lipinski definition) is 4. The van der Waals surface area contributed by atoms with Crippen LogP contribution in [0.3, 0.4) is 0 Å². The van der Waals surface area contributed by atoms with Crippen LogP contribution in [0.15, 0.2) is 10.7 Å². The highest BCUT2D eigenvalue weighted by Gasteiger charge is 2.25. The van der Waals surface area contributed by atoms with Crippen molar-refractivity contribution in [3.8, 4) is 0 Å². The van der Waals surface area contributed by atoms with Gasteiger partial charge >= 0.3 is 0 Å². The second kappa shape index (κ2) is 6.17. The first kappa shape index (κ1) is 14.0. The highest BCUT2D eigenvalue weighted by Crippen LogP contribution is 2.25. The third-order valence-corrected chi connectivity index (χ3v) is 4.19. The quantitative estimate of drug-likeness (QED) is 0.793. The molecule has 1 unspecified atom stereocenters. The minimum Gasteiger partial charge on any atom is -0.357 e. The number of hydrogen-bond donors (Lipinski definition) is 0. The topological polar surface area (TPSA) is 32.3 Å². The highest BCUT2D eigenvalue weighted by molar-refractivity contribution is 9.10. The lowest BCUT2D eigenvalue weighted by molar-refractivity contribution is 0.270. The van der Waals surface area contributed by atoms with E-state index in [9.17, 15) is 0 Å². The fraction of sp³-hybridized carbons (Fsp3) is 0.667. The summed E-state index contributed by atoms with van der Waals surface area (Å²) >= 11 is 9.33. The molecule has 1 aromatic heterocycles. The first-order chi connectivity index (χ1) is 8.61. The Morgan fingerprint density at radius 1 is 1.61 bits per heavy atom. The largest absolute Gasteiger partial charge is 0.357 e. The summed E-state index contributed by atoms with van der Waals surface area (Å²) in [6.45, 7) is 5.51. The zero-order chi connectivity index (χ0) is 13.1. The lowest BCUT2D eigenvalue weighted by Crippen LogP contribution is -2.39. The maximum atomic E-state index is 5.85. The Morgan fingerprint density at radius 2 is 2.39 bits per heavy atom. The minimum absolute atomic E-state index is 0.291. The van der Waals surface area contributed by atoms with E-state index in [2.05, 4.69) is 49.7 Å². The molecule has 0 saturated carbocycles. The van der Waals surface area contributed by atoms with Crippen molar-refractivity contribution in [2.24, 2.45) is 0 Å². The normalized spacial score (nSPS) is 20.3. The average molecular weight is 334 g/mol. The van der Waals surface area contributed by atoms with Gasteiger partial charge in [-0.05, 0) is 53.5 Å². The van der Waals surface area contributed by atoms with Gasteiger partial charge in [0.25, 0.3) is 0 Å². The van der Waals surface area contributed by atoms with Crippen LogP contribution in [-0.4, -0.2) is 47.6 Å². The average Bonchev–Trinajstić information content (AvgIpc) is 2.79. The van der Waals surface area contributed by atoms with E-state index in [0.717, 1.165) is 23.4 Å². The lowest BCUT2D eigenvalue weighted by atomic mass is 10.2. The molecule has 1 atom stereocenters. The summed E-state index contributed by atoms with van der Waals surface area (Å²) in [5, 5.41) is 0.291. The van der Waals surface area contributed by atoms with E-state index < -0.39 is 0 Å². The van der Waals surface area contributed by atoms with Gasteiger partial charge in [-0.25, -0.2) is 4.98 Å². The SMILES string of the molecule is CCN1CCCC1CN(C)c1nc(Cl)ncc1Br. The molecule has 0 aliphatic carbocycles. The van der Waals surface area contributed by atoms with Gasteiger partial charge in [-0.2, -0.15) is 4.98 Å². The van der Waals surface area contributed by atoms with Crippen molar-refractivity contribution in [2.45, 2.75) is 25.8 Å². The molecule has 4 nitrogen and oxygen atoms in total. The monoisotopic (exact) mass is 332 g/mol. The minimum atomic E-state index is 0.291. The summed E-state index contributed by atoms with van der Waals surface area (Å²) in [7, 11) is 2.05. The number of anilines is 1.